The van der Waals surface area contributed by atoms with Gasteiger partial charge < -0.3 is 0 Å². The van der Waals surface area contributed by atoms with Crippen LogP contribution in [0, 0.1) is 6.92 Å². The van der Waals surface area contributed by atoms with Crippen LogP contribution in [-0.4, -0.2) is 9.78 Å². The maximum absolute atomic E-state index is 4.59. The average Bonchev–Trinajstić information content (AvgIpc) is 2.27. The highest BCUT2D eigenvalue weighted by molar-refractivity contribution is 5.33. The standard InChI is InChI=1S/C12H22N2/c1-8(2)11-10(12(4,5)6)9(3)14(7)13-11/h8H,1-7H3. The molecule has 0 aliphatic rings. The van der Waals surface area contributed by atoms with Crippen LogP contribution in [0.25, 0.3) is 0 Å². The largest absolute Gasteiger partial charge is 0.272 e. The number of aromatic nitrogens is 2. The fourth-order valence-corrected chi connectivity index (χ4v) is 1.96. The Hall–Kier alpha value is -0.790. The first-order valence-corrected chi connectivity index (χ1v) is 5.29. The molecule has 0 spiro atoms. The lowest BCUT2D eigenvalue weighted by Crippen LogP contribution is -2.15. The van der Waals surface area contributed by atoms with Crippen molar-refractivity contribution in [2.75, 3.05) is 0 Å². The molecule has 0 aliphatic heterocycles. The van der Waals surface area contributed by atoms with Crippen molar-refractivity contribution >= 4 is 0 Å². The van der Waals surface area contributed by atoms with Crippen molar-refractivity contribution in [1.82, 2.24) is 9.78 Å². The van der Waals surface area contributed by atoms with Crippen LogP contribution in [0.4, 0.5) is 0 Å². The molecule has 0 aliphatic carbocycles. The lowest BCUT2D eigenvalue weighted by atomic mass is 9.83. The molecule has 0 aromatic carbocycles. The van der Waals surface area contributed by atoms with E-state index in [1.54, 1.807) is 0 Å². The summed E-state index contributed by atoms with van der Waals surface area (Å²) in [4.78, 5) is 0. The van der Waals surface area contributed by atoms with Gasteiger partial charge in [-0.2, -0.15) is 5.10 Å². The molecule has 0 N–H and O–H groups in total. The molecule has 2 heteroatoms. The molecule has 0 unspecified atom stereocenters. The van der Waals surface area contributed by atoms with E-state index in [-0.39, 0.29) is 5.41 Å². The number of rotatable bonds is 1. The second-order valence-corrected chi connectivity index (χ2v) is 5.37. The quantitative estimate of drug-likeness (QED) is 0.671. The summed E-state index contributed by atoms with van der Waals surface area (Å²) in [6, 6.07) is 0. The van der Waals surface area contributed by atoms with Crippen molar-refractivity contribution in [3.63, 3.8) is 0 Å². The molecule has 1 aromatic heterocycles. The van der Waals surface area contributed by atoms with Crippen LogP contribution in [0.1, 0.15) is 57.5 Å². The third-order valence-corrected chi connectivity index (χ3v) is 2.66. The van der Waals surface area contributed by atoms with E-state index in [4.69, 9.17) is 0 Å². The van der Waals surface area contributed by atoms with Gasteiger partial charge >= 0.3 is 0 Å². The lowest BCUT2D eigenvalue weighted by Gasteiger charge is -2.21. The Morgan fingerprint density at radius 1 is 1.21 bits per heavy atom. The van der Waals surface area contributed by atoms with Gasteiger partial charge in [0.25, 0.3) is 0 Å². The monoisotopic (exact) mass is 194 g/mol. The summed E-state index contributed by atoms with van der Waals surface area (Å²) >= 11 is 0. The summed E-state index contributed by atoms with van der Waals surface area (Å²) in [7, 11) is 2.02. The van der Waals surface area contributed by atoms with Crippen molar-refractivity contribution in [2.45, 2.75) is 52.9 Å². The molecule has 0 atom stereocenters. The van der Waals surface area contributed by atoms with E-state index in [1.165, 1.54) is 17.0 Å². The Kier molecular flexibility index (Phi) is 2.75. The van der Waals surface area contributed by atoms with Gasteiger partial charge in [-0.05, 0) is 18.3 Å². The van der Waals surface area contributed by atoms with Crippen molar-refractivity contribution in [3.05, 3.63) is 17.0 Å². The molecule has 80 valence electrons. The predicted molar refractivity (Wildman–Crippen MR) is 60.7 cm³/mol. The summed E-state index contributed by atoms with van der Waals surface area (Å²) < 4.78 is 2.00. The van der Waals surface area contributed by atoms with Gasteiger partial charge in [-0.25, -0.2) is 0 Å². The topological polar surface area (TPSA) is 17.8 Å². The first kappa shape index (κ1) is 11.3. The highest BCUT2D eigenvalue weighted by Gasteiger charge is 2.25. The van der Waals surface area contributed by atoms with Crippen LogP contribution in [0.2, 0.25) is 0 Å². The third kappa shape index (κ3) is 1.84. The first-order chi connectivity index (χ1) is 6.25. The van der Waals surface area contributed by atoms with Crippen molar-refractivity contribution in [2.24, 2.45) is 7.05 Å². The van der Waals surface area contributed by atoms with E-state index in [9.17, 15) is 0 Å². The van der Waals surface area contributed by atoms with Crippen LogP contribution in [0.3, 0.4) is 0 Å². The second kappa shape index (κ2) is 3.41. The fraction of sp³-hybridized carbons (Fsp3) is 0.750. The van der Waals surface area contributed by atoms with E-state index < -0.39 is 0 Å². The van der Waals surface area contributed by atoms with Crippen molar-refractivity contribution < 1.29 is 0 Å². The maximum atomic E-state index is 4.59. The zero-order chi connectivity index (χ0) is 11.1. The maximum Gasteiger partial charge on any atom is 0.0689 e. The number of nitrogens with zero attached hydrogens (tertiary/aromatic N) is 2. The average molecular weight is 194 g/mol. The Morgan fingerprint density at radius 2 is 1.71 bits per heavy atom. The zero-order valence-corrected chi connectivity index (χ0v) is 10.5. The van der Waals surface area contributed by atoms with Gasteiger partial charge in [-0.1, -0.05) is 34.6 Å². The molecule has 14 heavy (non-hydrogen) atoms. The Labute approximate surface area is 87.3 Å². The van der Waals surface area contributed by atoms with E-state index in [0.29, 0.717) is 5.92 Å². The normalized spacial score (nSPS) is 12.6. The molecule has 2 nitrogen and oxygen atoms in total. The zero-order valence-electron chi connectivity index (χ0n) is 10.5. The van der Waals surface area contributed by atoms with Gasteiger partial charge in [0.2, 0.25) is 0 Å². The van der Waals surface area contributed by atoms with Gasteiger partial charge in [0, 0.05) is 18.3 Å². The molecule has 0 bridgehead atoms. The number of aryl methyl sites for hydroxylation is 1. The van der Waals surface area contributed by atoms with Gasteiger partial charge in [-0.3, -0.25) is 4.68 Å². The van der Waals surface area contributed by atoms with Crippen LogP contribution in [0.5, 0.6) is 0 Å². The molecule has 1 rings (SSSR count). The summed E-state index contributed by atoms with van der Waals surface area (Å²) in [6.07, 6.45) is 0. The molecule has 0 radical (unpaired) electrons. The molecule has 0 fully saturated rings. The summed E-state index contributed by atoms with van der Waals surface area (Å²) in [5.74, 6) is 0.504. The van der Waals surface area contributed by atoms with Gasteiger partial charge in [0.15, 0.2) is 0 Å². The molecule has 0 saturated carbocycles. The Bertz CT molecular complexity index is 327. The SMILES string of the molecule is Cc1c(C(C)(C)C)c(C(C)C)nn1C. The minimum absolute atomic E-state index is 0.192. The fourth-order valence-electron chi connectivity index (χ4n) is 1.96. The molecule has 0 amide bonds. The molecule has 1 aromatic rings. The van der Waals surface area contributed by atoms with Gasteiger partial charge in [0.05, 0.1) is 5.69 Å². The van der Waals surface area contributed by atoms with Crippen LogP contribution in [-0.2, 0) is 12.5 Å². The number of hydrogen-bond donors (Lipinski definition) is 0. The highest BCUT2D eigenvalue weighted by atomic mass is 15.3. The highest BCUT2D eigenvalue weighted by Crippen LogP contribution is 2.32. The molecule has 0 saturated heterocycles. The summed E-state index contributed by atoms with van der Waals surface area (Å²) in [5.41, 5.74) is 4.14. The van der Waals surface area contributed by atoms with Crippen molar-refractivity contribution in [3.8, 4) is 0 Å². The van der Waals surface area contributed by atoms with Crippen molar-refractivity contribution in [1.29, 1.82) is 0 Å². The number of hydrogen-bond acceptors (Lipinski definition) is 1. The lowest BCUT2D eigenvalue weighted by molar-refractivity contribution is 0.572. The molecule has 1 heterocycles. The Balaban J connectivity index is 3.38. The smallest absolute Gasteiger partial charge is 0.0689 e. The van der Waals surface area contributed by atoms with Crippen LogP contribution >= 0.6 is 0 Å². The summed E-state index contributed by atoms with van der Waals surface area (Å²) in [5, 5.41) is 4.59. The summed E-state index contributed by atoms with van der Waals surface area (Å²) in [6.45, 7) is 13.3. The molecular formula is C12H22N2. The predicted octanol–water partition coefficient (Wildman–Crippen LogP) is 3.15. The van der Waals surface area contributed by atoms with Crippen LogP contribution in [0.15, 0.2) is 0 Å². The van der Waals surface area contributed by atoms with E-state index >= 15 is 0 Å². The minimum atomic E-state index is 0.192. The van der Waals surface area contributed by atoms with E-state index in [1.807, 2.05) is 11.7 Å². The molecular weight excluding hydrogens is 172 g/mol. The van der Waals surface area contributed by atoms with Gasteiger partial charge in [0.1, 0.15) is 0 Å². The van der Waals surface area contributed by atoms with Gasteiger partial charge in [-0.15, -0.1) is 0 Å². The minimum Gasteiger partial charge on any atom is -0.272 e. The Morgan fingerprint density at radius 3 is 2.00 bits per heavy atom. The second-order valence-electron chi connectivity index (χ2n) is 5.37. The first-order valence-electron chi connectivity index (χ1n) is 5.29. The van der Waals surface area contributed by atoms with E-state index in [2.05, 4.69) is 46.6 Å². The van der Waals surface area contributed by atoms with Crippen LogP contribution < -0.4 is 0 Å². The third-order valence-electron chi connectivity index (χ3n) is 2.66. The van der Waals surface area contributed by atoms with E-state index in [0.717, 1.165) is 0 Å².